The van der Waals surface area contributed by atoms with Crippen molar-refractivity contribution in [2.45, 2.75) is 37.1 Å². The first-order chi connectivity index (χ1) is 9.82. The summed E-state index contributed by atoms with van der Waals surface area (Å²) in [6.45, 7) is 1.78. The van der Waals surface area contributed by atoms with Crippen molar-refractivity contribution < 1.29 is 23.4 Å². The van der Waals surface area contributed by atoms with Crippen molar-refractivity contribution in [2.75, 3.05) is 0 Å². The highest BCUT2D eigenvalue weighted by molar-refractivity contribution is 7.89. The average Bonchev–Trinajstić information content (AvgIpc) is 2.43. The van der Waals surface area contributed by atoms with E-state index in [1.807, 2.05) is 0 Å². The highest BCUT2D eigenvalue weighted by atomic mass is 32.2. The molecule has 0 aliphatic rings. The number of aliphatic carboxylic acids is 1. The van der Waals surface area contributed by atoms with E-state index in [-0.39, 0.29) is 15.7 Å². The van der Waals surface area contributed by atoms with Crippen molar-refractivity contribution >= 4 is 16.0 Å². The summed E-state index contributed by atoms with van der Waals surface area (Å²) in [4.78, 5) is 22.0. The molecule has 0 heterocycles. The number of rotatable bonds is 8. The largest absolute Gasteiger partial charge is 0.480 e. The van der Waals surface area contributed by atoms with Gasteiger partial charge in [-0.05, 0) is 18.6 Å². The van der Waals surface area contributed by atoms with E-state index in [4.69, 9.17) is 5.11 Å². The zero-order valence-electron chi connectivity index (χ0n) is 11.4. The van der Waals surface area contributed by atoms with Crippen LogP contribution in [0, 0.1) is 10.1 Å². The predicted octanol–water partition coefficient (Wildman–Crippen LogP) is 1.51. The molecule has 1 atom stereocenters. The van der Waals surface area contributed by atoms with E-state index >= 15 is 0 Å². The number of hydrogen-bond donors (Lipinski definition) is 1. The van der Waals surface area contributed by atoms with Crippen LogP contribution in [0.25, 0.3) is 0 Å². The molecule has 0 aromatic heterocycles. The van der Waals surface area contributed by atoms with Crippen LogP contribution in [-0.2, 0) is 14.8 Å². The zero-order valence-corrected chi connectivity index (χ0v) is 12.2. The molecule has 1 N–H and O–H groups in total. The summed E-state index contributed by atoms with van der Waals surface area (Å²) in [5, 5.41) is 19.1. The van der Waals surface area contributed by atoms with Crippen molar-refractivity contribution in [1.82, 2.24) is 4.41 Å². The van der Waals surface area contributed by atoms with Crippen LogP contribution in [0.2, 0.25) is 0 Å². The summed E-state index contributed by atoms with van der Waals surface area (Å²) in [7, 11) is -4.52. The Kier molecular flexibility index (Phi) is 5.65. The van der Waals surface area contributed by atoms with Gasteiger partial charge in [0.15, 0.2) is 5.03 Å². The lowest BCUT2D eigenvalue weighted by Crippen LogP contribution is -2.48. The first-order valence-corrected chi connectivity index (χ1v) is 7.73. The zero-order chi connectivity index (χ0) is 16.0. The van der Waals surface area contributed by atoms with Crippen molar-refractivity contribution in [3.05, 3.63) is 40.4 Å². The molecule has 0 unspecified atom stereocenters. The van der Waals surface area contributed by atoms with E-state index in [9.17, 15) is 23.3 Å². The standard InChI is InChI=1S/C12H16N2O6S/c1-2-3-9-11(12(15)16)13(14(17)18)21(19,20)10-7-5-4-6-8-10/h4-8,11H,2-3,9H2,1H3,(H,15,16)/t11-/m0/s1. The van der Waals surface area contributed by atoms with Crippen LogP contribution in [-0.4, -0.2) is 35.0 Å². The maximum Gasteiger partial charge on any atom is 0.333 e. The summed E-state index contributed by atoms with van der Waals surface area (Å²) >= 11 is 0. The Bertz CT molecular complexity index is 601. The van der Waals surface area contributed by atoms with Crippen LogP contribution in [0.3, 0.4) is 0 Å². The quantitative estimate of drug-likeness (QED) is 0.573. The van der Waals surface area contributed by atoms with Gasteiger partial charge in [-0.25, -0.2) is 14.9 Å². The molecule has 0 aliphatic heterocycles. The SMILES string of the molecule is CCCC[C@@H](C(=O)O)N([N+](=O)[O-])S(=O)(=O)c1ccccc1. The summed E-state index contributed by atoms with van der Waals surface area (Å²) in [5.74, 6) is -1.54. The van der Waals surface area contributed by atoms with Gasteiger partial charge in [-0.1, -0.05) is 38.0 Å². The Morgan fingerprint density at radius 3 is 2.38 bits per heavy atom. The molecule has 0 amide bonds. The maximum absolute atomic E-state index is 12.3. The summed E-state index contributed by atoms with van der Waals surface area (Å²) in [5.41, 5.74) is 0. The van der Waals surface area contributed by atoms with Crippen molar-refractivity contribution in [3.8, 4) is 0 Å². The number of carboxylic acid groups (broad SMARTS) is 1. The van der Waals surface area contributed by atoms with Crippen LogP contribution in [0.1, 0.15) is 26.2 Å². The third-order valence-corrected chi connectivity index (χ3v) is 4.58. The summed E-state index contributed by atoms with van der Waals surface area (Å²) < 4.78 is 24.4. The molecule has 0 bridgehead atoms. The molecular weight excluding hydrogens is 300 g/mol. The molecule has 0 spiro atoms. The Morgan fingerprint density at radius 2 is 1.95 bits per heavy atom. The molecule has 0 aliphatic carbocycles. The number of sulfonamides is 1. The molecular formula is C12H16N2O6S. The molecule has 1 aromatic rings. The fourth-order valence-electron chi connectivity index (χ4n) is 1.80. The topological polar surface area (TPSA) is 118 Å². The molecule has 0 saturated heterocycles. The Balaban J connectivity index is 3.27. The summed E-state index contributed by atoms with van der Waals surface area (Å²) in [6.07, 6.45) is 0.839. The maximum atomic E-state index is 12.3. The van der Waals surface area contributed by atoms with Crippen LogP contribution < -0.4 is 0 Å². The van der Waals surface area contributed by atoms with E-state index < -0.39 is 27.1 Å². The third-order valence-electron chi connectivity index (χ3n) is 2.83. The van der Waals surface area contributed by atoms with Gasteiger partial charge in [-0.15, -0.1) is 0 Å². The Labute approximate surface area is 122 Å². The van der Waals surface area contributed by atoms with Crippen LogP contribution in [0.4, 0.5) is 0 Å². The lowest BCUT2D eigenvalue weighted by molar-refractivity contribution is -0.625. The van der Waals surface area contributed by atoms with Gasteiger partial charge in [0.2, 0.25) is 6.04 Å². The van der Waals surface area contributed by atoms with E-state index in [1.54, 1.807) is 13.0 Å². The van der Waals surface area contributed by atoms with Crippen LogP contribution in [0.15, 0.2) is 35.2 Å². The number of carboxylic acids is 1. The van der Waals surface area contributed by atoms with Gasteiger partial charge in [0.1, 0.15) is 0 Å². The van der Waals surface area contributed by atoms with E-state index in [0.717, 1.165) is 0 Å². The number of nitrogens with zero attached hydrogens (tertiary/aromatic N) is 2. The second-order valence-electron chi connectivity index (χ2n) is 4.32. The van der Waals surface area contributed by atoms with Gasteiger partial charge in [0.25, 0.3) is 0 Å². The minimum Gasteiger partial charge on any atom is -0.480 e. The molecule has 1 aromatic carbocycles. The molecule has 8 nitrogen and oxygen atoms in total. The van der Waals surface area contributed by atoms with Gasteiger partial charge in [-0.2, -0.15) is 8.42 Å². The van der Waals surface area contributed by atoms with Gasteiger partial charge in [0, 0.05) is 4.41 Å². The Morgan fingerprint density at radius 1 is 1.38 bits per heavy atom. The molecule has 9 heteroatoms. The monoisotopic (exact) mass is 316 g/mol. The molecule has 21 heavy (non-hydrogen) atoms. The molecule has 0 radical (unpaired) electrons. The van der Waals surface area contributed by atoms with E-state index in [1.165, 1.54) is 24.3 Å². The highest BCUT2D eigenvalue weighted by Crippen LogP contribution is 2.21. The first-order valence-electron chi connectivity index (χ1n) is 6.29. The second-order valence-corrected chi connectivity index (χ2v) is 6.12. The molecule has 116 valence electrons. The number of hydrogen-bond acceptors (Lipinski definition) is 5. The number of carbonyl (C=O) groups is 1. The van der Waals surface area contributed by atoms with E-state index in [2.05, 4.69) is 0 Å². The van der Waals surface area contributed by atoms with Crippen molar-refractivity contribution in [3.63, 3.8) is 0 Å². The average molecular weight is 316 g/mol. The summed E-state index contributed by atoms with van der Waals surface area (Å²) in [6, 6.07) is 5.01. The van der Waals surface area contributed by atoms with Gasteiger partial charge >= 0.3 is 16.0 Å². The minimum absolute atomic E-state index is 0.126. The van der Waals surface area contributed by atoms with Crippen LogP contribution >= 0.6 is 0 Å². The normalized spacial score (nSPS) is 12.6. The van der Waals surface area contributed by atoms with Gasteiger partial charge in [0.05, 0.1) is 4.90 Å². The fraction of sp³-hybridized carbons (Fsp3) is 0.417. The number of benzene rings is 1. The van der Waals surface area contributed by atoms with E-state index in [0.29, 0.717) is 12.8 Å². The van der Waals surface area contributed by atoms with Crippen molar-refractivity contribution in [2.24, 2.45) is 0 Å². The Hall–Kier alpha value is -2.16. The lowest BCUT2D eigenvalue weighted by Gasteiger charge is -2.20. The number of hydrazine groups is 1. The first kappa shape index (κ1) is 16.9. The minimum atomic E-state index is -4.52. The smallest absolute Gasteiger partial charge is 0.333 e. The lowest BCUT2D eigenvalue weighted by atomic mass is 10.1. The molecule has 0 saturated carbocycles. The van der Waals surface area contributed by atoms with Crippen molar-refractivity contribution in [1.29, 1.82) is 0 Å². The number of unbranched alkanes of at least 4 members (excludes halogenated alkanes) is 1. The third kappa shape index (κ3) is 3.91. The predicted molar refractivity (Wildman–Crippen MR) is 73.4 cm³/mol. The molecule has 1 rings (SSSR count). The van der Waals surface area contributed by atoms with Gasteiger partial charge < -0.3 is 5.11 Å². The second kappa shape index (κ2) is 7.02. The molecule has 0 fully saturated rings. The number of nitro groups is 1. The van der Waals surface area contributed by atoms with Gasteiger partial charge in [-0.3, -0.25) is 0 Å². The highest BCUT2D eigenvalue weighted by Gasteiger charge is 2.43. The fourth-order valence-corrected chi connectivity index (χ4v) is 3.22. The van der Waals surface area contributed by atoms with Crippen LogP contribution in [0.5, 0.6) is 0 Å².